The summed E-state index contributed by atoms with van der Waals surface area (Å²) in [5, 5.41) is 12.3. The number of imidazole rings is 1. The van der Waals surface area contributed by atoms with E-state index in [0.717, 1.165) is 19.8 Å². The summed E-state index contributed by atoms with van der Waals surface area (Å²) in [5.74, 6) is -0.529. The molecular weight excluding hydrogens is 449 g/mol. The Kier molecular flexibility index (Phi) is 5.23. The van der Waals surface area contributed by atoms with E-state index in [1.807, 2.05) is 30.3 Å². The highest BCUT2D eigenvalue weighted by Gasteiger charge is 2.38. The Morgan fingerprint density at radius 3 is 2.55 bits per heavy atom. The van der Waals surface area contributed by atoms with Gasteiger partial charge in [-0.25, -0.2) is 4.98 Å². The van der Waals surface area contributed by atoms with Gasteiger partial charge in [-0.3, -0.25) is 0 Å². The number of aliphatic hydroxyl groups is 1. The van der Waals surface area contributed by atoms with Gasteiger partial charge in [0.05, 0.1) is 22.1 Å². The van der Waals surface area contributed by atoms with Crippen molar-refractivity contribution in [3.8, 4) is 5.75 Å². The van der Waals surface area contributed by atoms with Crippen molar-refractivity contribution in [2.75, 3.05) is 6.61 Å². The topological polar surface area (TPSA) is 47.3 Å². The SMILES string of the molecule is O[C@@H](COc1ccc2ccccc2c1Br)Cn1c(C(F)(F)F)nc2ccccc21. The number of rotatable bonds is 5. The van der Waals surface area contributed by atoms with E-state index in [1.165, 1.54) is 6.07 Å². The van der Waals surface area contributed by atoms with E-state index in [-0.39, 0.29) is 18.7 Å². The molecule has 1 N–H and O–H groups in total. The summed E-state index contributed by atoms with van der Waals surface area (Å²) in [6.45, 7) is -0.457. The molecule has 0 spiro atoms. The van der Waals surface area contributed by atoms with E-state index in [1.54, 1.807) is 24.3 Å². The number of hydrogen-bond donors (Lipinski definition) is 1. The third kappa shape index (κ3) is 3.95. The van der Waals surface area contributed by atoms with Crippen molar-refractivity contribution in [1.29, 1.82) is 0 Å². The molecule has 4 nitrogen and oxygen atoms in total. The van der Waals surface area contributed by atoms with Crippen LogP contribution in [-0.2, 0) is 12.7 Å². The number of halogens is 4. The zero-order valence-electron chi connectivity index (χ0n) is 15.0. The lowest BCUT2D eigenvalue weighted by Crippen LogP contribution is -2.26. The van der Waals surface area contributed by atoms with Crippen LogP contribution in [0.5, 0.6) is 5.75 Å². The molecule has 0 aliphatic heterocycles. The lowest BCUT2D eigenvalue weighted by molar-refractivity contribution is -0.147. The van der Waals surface area contributed by atoms with Crippen molar-refractivity contribution >= 4 is 37.7 Å². The molecule has 0 radical (unpaired) electrons. The van der Waals surface area contributed by atoms with Crippen LogP contribution in [0.1, 0.15) is 5.82 Å². The first-order valence-electron chi connectivity index (χ1n) is 8.85. The Bertz CT molecular complexity index is 1170. The number of aromatic nitrogens is 2. The molecule has 0 aliphatic carbocycles. The molecule has 8 heteroatoms. The Labute approximate surface area is 172 Å². The zero-order valence-corrected chi connectivity index (χ0v) is 16.6. The summed E-state index contributed by atoms with van der Waals surface area (Å²) in [7, 11) is 0. The first-order chi connectivity index (χ1) is 13.8. The maximum Gasteiger partial charge on any atom is 0.449 e. The molecule has 1 heterocycles. The van der Waals surface area contributed by atoms with Crippen molar-refractivity contribution in [3.05, 3.63) is 71.0 Å². The van der Waals surface area contributed by atoms with Gasteiger partial charge in [0.25, 0.3) is 0 Å². The number of alkyl halides is 3. The Balaban J connectivity index is 1.55. The smallest absolute Gasteiger partial charge is 0.449 e. The van der Waals surface area contributed by atoms with Crippen LogP contribution in [0.4, 0.5) is 13.2 Å². The number of benzene rings is 3. The molecule has 0 fully saturated rings. The predicted molar refractivity (Wildman–Crippen MR) is 108 cm³/mol. The van der Waals surface area contributed by atoms with Crippen molar-refractivity contribution < 1.29 is 23.0 Å². The van der Waals surface area contributed by atoms with Gasteiger partial charge in [0.15, 0.2) is 0 Å². The molecule has 0 aliphatic rings. The van der Waals surface area contributed by atoms with Gasteiger partial charge in [0, 0.05) is 0 Å². The van der Waals surface area contributed by atoms with E-state index < -0.39 is 18.1 Å². The molecule has 1 aromatic heterocycles. The van der Waals surface area contributed by atoms with Gasteiger partial charge in [-0.15, -0.1) is 0 Å². The maximum atomic E-state index is 13.4. The number of fused-ring (bicyclic) bond motifs is 2. The van der Waals surface area contributed by atoms with Gasteiger partial charge in [-0.05, 0) is 44.9 Å². The lowest BCUT2D eigenvalue weighted by atomic mass is 10.1. The number of aliphatic hydroxyl groups excluding tert-OH is 1. The average Bonchev–Trinajstić information content (AvgIpc) is 3.07. The molecule has 150 valence electrons. The summed E-state index contributed by atoms with van der Waals surface area (Å²) in [4.78, 5) is 3.68. The summed E-state index contributed by atoms with van der Waals surface area (Å²) >= 11 is 3.49. The Morgan fingerprint density at radius 2 is 1.76 bits per heavy atom. The molecule has 0 unspecified atom stereocenters. The summed E-state index contributed by atoms with van der Waals surface area (Å²) < 4.78 is 47.6. The largest absolute Gasteiger partial charge is 0.490 e. The summed E-state index contributed by atoms with van der Waals surface area (Å²) in [5.41, 5.74) is 0.538. The van der Waals surface area contributed by atoms with E-state index in [2.05, 4.69) is 20.9 Å². The van der Waals surface area contributed by atoms with Crippen molar-refractivity contribution in [3.63, 3.8) is 0 Å². The van der Waals surface area contributed by atoms with Gasteiger partial charge < -0.3 is 14.4 Å². The third-order valence-corrected chi connectivity index (χ3v) is 5.38. The minimum atomic E-state index is -4.62. The zero-order chi connectivity index (χ0) is 20.6. The maximum absolute atomic E-state index is 13.4. The molecule has 4 rings (SSSR count). The quantitative estimate of drug-likeness (QED) is 0.429. The lowest BCUT2D eigenvalue weighted by Gasteiger charge is -2.17. The first-order valence-corrected chi connectivity index (χ1v) is 9.64. The number of hydrogen-bond acceptors (Lipinski definition) is 3. The van der Waals surface area contributed by atoms with Crippen LogP contribution >= 0.6 is 15.9 Å². The second-order valence-electron chi connectivity index (χ2n) is 6.60. The fourth-order valence-electron chi connectivity index (χ4n) is 3.25. The van der Waals surface area contributed by atoms with Gasteiger partial charge in [-0.2, -0.15) is 13.2 Å². The normalized spacial score (nSPS) is 13.1. The number of nitrogens with zero attached hydrogens (tertiary/aromatic N) is 2. The summed E-state index contributed by atoms with van der Waals surface area (Å²) in [6, 6.07) is 17.7. The van der Waals surface area contributed by atoms with Gasteiger partial charge in [0.2, 0.25) is 5.82 Å². The van der Waals surface area contributed by atoms with Crippen molar-refractivity contribution in [2.45, 2.75) is 18.8 Å². The fourth-order valence-corrected chi connectivity index (χ4v) is 3.86. The van der Waals surface area contributed by atoms with Crippen LogP contribution in [-0.4, -0.2) is 27.4 Å². The van der Waals surface area contributed by atoms with E-state index in [9.17, 15) is 18.3 Å². The second kappa shape index (κ2) is 7.68. The monoisotopic (exact) mass is 464 g/mol. The van der Waals surface area contributed by atoms with E-state index >= 15 is 0 Å². The summed E-state index contributed by atoms with van der Waals surface area (Å²) in [6.07, 6.45) is -5.78. The van der Waals surface area contributed by atoms with Crippen molar-refractivity contribution in [2.24, 2.45) is 0 Å². The van der Waals surface area contributed by atoms with Crippen LogP contribution < -0.4 is 4.74 Å². The van der Waals surface area contributed by atoms with Gasteiger partial charge in [0.1, 0.15) is 18.5 Å². The van der Waals surface area contributed by atoms with Crippen LogP contribution in [0.25, 0.3) is 21.8 Å². The molecule has 0 saturated carbocycles. The number of para-hydroxylation sites is 2. The Hall–Kier alpha value is -2.58. The second-order valence-corrected chi connectivity index (χ2v) is 7.39. The molecule has 0 saturated heterocycles. The average molecular weight is 465 g/mol. The highest BCUT2D eigenvalue weighted by atomic mass is 79.9. The molecule has 4 aromatic rings. The minimum absolute atomic E-state index is 0.166. The molecule has 3 aromatic carbocycles. The van der Waals surface area contributed by atoms with Crippen LogP contribution in [0.3, 0.4) is 0 Å². The molecule has 0 bridgehead atoms. The molecule has 1 atom stereocenters. The van der Waals surface area contributed by atoms with Crippen LogP contribution in [0, 0.1) is 0 Å². The molecule has 29 heavy (non-hydrogen) atoms. The van der Waals surface area contributed by atoms with E-state index in [0.29, 0.717) is 11.3 Å². The highest BCUT2D eigenvalue weighted by molar-refractivity contribution is 9.10. The van der Waals surface area contributed by atoms with Gasteiger partial charge >= 0.3 is 6.18 Å². The Morgan fingerprint density at radius 1 is 1.03 bits per heavy atom. The van der Waals surface area contributed by atoms with E-state index in [4.69, 9.17) is 4.74 Å². The fraction of sp³-hybridized carbons (Fsp3) is 0.190. The van der Waals surface area contributed by atoms with Crippen LogP contribution in [0.15, 0.2) is 65.1 Å². The highest BCUT2D eigenvalue weighted by Crippen LogP contribution is 2.34. The predicted octanol–water partition coefficient (Wildman–Crippen LogP) is 5.41. The molecular formula is C21H16BrF3N2O2. The molecule has 0 amide bonds. The number of ether oxygens (including phenoxy) is 1. The van der Waals surface area contributed by atoms with Gasteiger partial charge in [-0.1, -0.05) is 42.5 Å². The minimum Gasteiger partial charge on any atom is -0.490 e. The van der Waals surface area contributed by atoms with Crippen LogP contribution in [0.2, 0.25) is 0 Å². The first kappa shape index (κ1) is 19.7. The van der Waals surface area contributed by atoms with Crippen molar-refractivity contribution in [1.82, 2.24) is 9.55 Å². The standard InChI is InChI=1S/C21H16BrF3N2O2/c22-19-15-6-2-1-5-13(15)9-10-18(19)29-12-14(28)11-27-17-8-4-3-7-16(17)26-20(27)21(23,24)25/h1-10,14,28H,11-12H2/t14-/m1/s1. The third-order valence-electron chi connectivity index (χ3n) is 4.56.